The second kappa shape index (κ2) is 6.51. The van der Waals surface area contributed by atoms with E-state index < -0.39 is 0 Å². The Balaban J connectivity index is 0.00000144. The normalized spacial score (nSPS) is 21.3. The Morgan fingerprint density at radius 1 is 1.69 bits per heavy atom. The van der Waals surface area contributed by atoms with Crippen molar-refractivity contribution in [3.63, 3.8) is 0 Å². The zero-order valence-electron chi connectivity index (χ0n) is 8.00. The Hall–Kier alpha value is 0.0700. The summed E-state index contributed by atoms with van der Waals surface area (Å²) in [6.45, 7) is 4.97. The molecule has 2 N–H and O–H groups in total. The number of hydrogen-bond acceptors (Lipinski definition) is 3. The van der Waals surface area contributed by atoms with Crippen molar-refractivity contribution in [2.24, 2.45) is 5.92 Å². The highest BCUT2D eigenvalue weighted by atomic mass is 35.5. The maximum Gasteiger partial charge on any atom is 0.238 e. The highest BCUT2D eigenvalue weighted by molar-refractivity contribution is 7.99. The van der Waals surface area contributed by atoms with Gasteiger partial charge in [-0.3, -0.25) is 10.1 Å². The van der Waals surface area contributed by atoms with E-state index in [-0.39, 0.29) is 24.4 Å². The van der Waals surface area contributed by atoms with E-state index >= 15 is 0 Å². The van der Waals surface area contributed by atoms with E-state index in [0.29, 0.717) is 5.92 Å². The van der Waals surface area contributed by atoms with Crippen molar-refractivity contribution in [2.45, 2.75) is 19.9 Å². The third-order valence-corrected chi connectivity index (χ3v) is 2.66. The minimum Gasteiger partial charge on any atom is -0.354 e. The fourth-order valence-electron chi connectivity index (χ4n) is 0.992. The Morgan fingerprint density at radius 2 is 2.38 bits per heavy atom. The Kier molecular flexibility index (Phi) is 6.55. The molecule has 13 heavy (non-hydrogen) atoms. The molecule has 1 atom stereocenters. The van der Waals surface area contributed by atoms with Crippen molar-refractivity contribution in [3.05, 3.63) is 0 Å². The molecule has 0 aromatic heterocycles. The molecule has 1 fully saturated rings. The van der Waals surface area contributed by atoms with Gasteiger partial charge in [0.15, 0.2) is 0 Å². The van der Waals surface area contributed by atoms with Gasteiger partial charge in [-0.15, -0.1) is 24.2 Å². The Bertz CT molecular complexity index is 160. The summed E-state index contributed by atoms with van der Waals surface area (Å²) >= 11 is 1.77. The average molecular weight is 225 g/mol. The van der Waals surface area contributed by atoms with E-state index in [4.69, 9.17) is 0 Å². The minimum atomic E-state index is 0. The van der Waals surface area contributed by atoms with Gasteiger partial charge >= 0.3 is 0 Å². The maximum absolute atomic E-state index is 11.4. The lowest BCUT2D eigenvalue weighted by atomic mass is 10.2. The molecule has 0 radical (unpaired) electrons. The summed E-state index contributed by atoms with van der Waals surface area (Å²) in [5.41, 5.74) is 0. The van der Waals surface area contributed by atoms with Crippen molar-refractivity contribution in [1.29, 1.82) is 0 Å². The van der Waals surface area contributed by atoms with Crippen LogP contribution in [0.3, 0.4) is 0 Å². The van der Waals surface area contributed by atoms with Gasteiger partial charge < -0.3 is 5.32 Å². The zero-order chi connectivity index (χ0) is 8.97. The number of nitrogens with one attached hydrogen (secondary N) is 2. The van der Waals surface area contributed by atoms with Gasteiger partial charge in [-0.1, -0.05) is 13.8 Å². The van der Waals surface area contributed by atoms with E-state index in [1.165, 1.54) is 0 Å². The summed E-state index contributed by atoms with van der Waals surface area (Å²) in [7, 11) is 0. The maximum atomic E-state index is 11.4. The molecule has 1 amide bonds. The first-order chi connectivity index (χ1) is 5.70. The fraction of sp³-hybridized carbons (Fsp3) is 0.875. The molecule has 0 aliphatic carbocycles. The van der Waals surface area contributed by atoms with Crippen LogP contribution in [0, 0.1) is 5.92 Å². The molecule has 0 spiro atoms. The molecule has 78 valence electrons. The lowest BCUT2D eigenvalue weighted by Gasteiger charge is -2.11. The Morgan fingerprint density at radius 3 is 2.85 bits per heavy atom. The molecular formula is C8H17ClN2OS. The first-order valence-corrected chi connectivity index (χ1v) is 5.44. The Labute approximate surface area is 89.8 Å². The van der Waals surface area contributed by atoms with Crippen molar-refractivity contribution >= 4 is 30.1 Å². The van der Waals surface area contributed by atoms with E-state index in [1.807, 2.05) is 0 Å². The number of amides is 1. The van der Waals surface area contributed by atoms with Crippen LogP contribution in [0.25, 0.3) is 0 Å². The van der Waals surface area contributed by atoms with Crippen LogP contribution < -0.4 is 10.6 Å². The van der Waals surface area contributed by atoms with E-state index in [1.54, 1.807) is 11.8 Å². The zero-order valence-corrected chi connectivity index (χ0v) is 9.63. The van der Waals surface area contributed by atoms with E-state index in [0.717, 1.165) is 18.2 Å². The summed E-state index contributed by atoms with van der Waals surface area (Å²) in [6, 6.07) is 0.0359. The third-order valence-electron chi connectivity index (χ3n) is 1.72. The number of rotatable bonds is 3. The molecule has 1 heterocycles. The first-order valence-electron chi connectivity index (χ1n) is 4.29. The van der Waals surface area contributed by atoms with Crippen LogP contribution in [0.4, 0.5) is 0 Å². The number of thioether (sulfide) groups is 1. The highest BCUT2D eigenvalue weighted by Gasteiger charge is 2.21. The largest absolute Gasteiger partial charge is 0.354 e. The van der Waals surface area contributed by atoms with Gasteiger partial charge in [0.2, 0.25) is 5.91 Å². The van der Waals surface area contributed by atoms with Crippen LogP contribution in [0.2, 0.25) is 0 Å². The second-order valence-electron chi connectivity index (χ2n) is 3.41. The number of hydrogen-bond donors (Lipinski definition) is 2. The summed E-state index contributed by atoms with van der Waals surface area (Å²) in [5, 5.41) is 6.04. The highest BCUT2D eigenvalue weighted by Crippen LogP contribution is 2.09. The molecule has 1 rings (SSSR count). The quantitative estimate of drug-likeness (QED) is 0.747. The number of halogens is 1. The van der Waals surface area contributed by atoms with Crippen LogP contribution in [0.15, 0.2) is 0 Å². The van der Waals surface area contributed by atoms with Gasteiger partial charge in [-0.25, -0.2) is 0 Å². The van der Waals surface area contributed by atoms with Crippen molar-refractivity contribution in [1.82, 2.24) is 10.6 Å². The van der Waals surface area contributed by atoms with Crippen molar-refractivity contribution < 1.29 is 4.79 Å². The van der Waals surface area contributed by atoms with Gasteiger partial charge in [0, 0.05) is 18.2 Å². The third kappa shape index (κ3) is 4.74. The lowest BCUT2D eigenvalue weighted by molar-refractivity contribution is -0.122. The van der Waals surface area contributed by atoms with Crippen LogP contribution in [0.5, 0.6) is 0 Å². The predicted octanol–water partition coefficient (Wildman–Crippen LogP) is 0.843. The molecule has 3 nitrogen and oxygen atoms in total. The van der Waals surface area contributed by atoms with Gasteiger partial charge in [-0.05, 0) is 5.92 Å². The van der Waals surface area contributed by atoms with E-state index in [9.17, 15) is 4.79 Å². The van der Waals surface area contributed by atoms with Crippen LogP contribution >= 0.6 is 24.2 Å². The average Bonchev–Trinajstić information content (AvgIpc) is 2.51. The smallest absolute Gasteiger partial charge is 0.238 e. The van der Waals surface area contributed by atoms with Gasteiger partial charge in [0.05, 0.1) is 6.04 Å². The summed E-state index contributed by atoms with van der Waals surface area (Å²) in [4.78, 5) is 11.4. The number of carbonyl (C=O) groups is 1. The molecule has 0 bridgehead atoms. The van der Waals surface area contributed by atoms with Crippen LogP contribution in [-0.2, 0) is 4.79 Å². The molecule has 0 aromatic carbocycles. The molecule has 0 saturated carbocycles. The van der Waals surface area contributed by atoms with Crippen LogP contribution in [-0.4, -0.2) is 30.1 Å². The topological polar surface area (TPSA) is 41.1 Å². The number of carbonyl (C=O) groups excluding carboxylic acids is 1. The van der Waals surface area contributed by atoms with Crippen molar-refractivity contribution in [3.8, 4) is 0 Å². The van der Waals surface area contributed by atoms with Gasteiger partial charge in [0.25, 0.3) is 0 Å². The lowest BCUT2D eigenvalue weighted by Crippen LogP contribution is -2.43. The molecular weight excluding hydrogens is 208 g/mol. The summed E-state index contributed by atoms with van der Waals surface area (Å²) in [6.07, 6.45) is 0. The molecule has 1 saturated heterocycles. The monoisotopic (exact) mass is 224 g/mol. The van der Waals surface area contributed by atoms with E-state index in [2.05, 4.69) is 24.5 Å². The van der Waals surface area contributed by atoms with Crippen molar-refractivity contribution in [2.75, 3.05) is 18.2 Å². The van der Waals surface area contributed by atoms with Gasteiger partial charge in [0.1, 0.15) is 0 Å². The summed E-state index contributed by atoms with van der Waals surface area (Å²) < 4.78 is 0. The minimum absolute atomic E-state index is 0. The van der Waals surface area contributed by atoms with Gasteiger partial charge in [-0.2, -0.15) is 0 Å². The predicted molar refractivity (Wildman–Crippen MR) is 59.3 cm³/mol. The summed E-state index contributed by atoms with van der Waals surface area (Å²) in [5.74, 6) is 2.49. The SMILES string of the molecule is CC(C)CNC(=O)[C@H]1CSCN1.Cl. The molecule has 1 aliphatic rings. The molecule has 0 aromatic rings. The first kappa shape index (κ1) is 13.1. The second-order valence-corrected chi connectivity index (χ2v) is 4.44. The molecule has 1 aliphatic heterocycles. The standard InChI is InChI=1S/C8H16N2OS.ClH/c1-6(2)3-9-8(11)7-4-12-5-10-7;/h6-7,10H,3-5H2,1-2H3,(H,9,11);1H/t7-;/m1./s1. The van der Waals surface area contributed by atoms with Crippen LogP contribution in [0.1, 0.15) is 13.8 Å². The molecule has 0 unspecified atom stereocenters. The molecule has 5 heteroatoms. The fourth-order valence-corrected chi connectivity index (χ4v) is 1.93.